The van der Waals surface area contributed by atoms with E-state index in [9.17, 15) is 9.90 Å². The normalized spacial score (nSPS) is 14.6. The van der Waals surface area contributed by atoms with Crippen LogP contribution in [0.25, 0.3) is 0 Å². The van der Waals surface area contributed by atoms with Gasteiger partial charge in [-0.2, -0.15) is 0 Å². The molecule has 13 heavy (non-hydrogen) atoms. The Bertz CT molecular complexity index is 173. The van der Waals surface area contributed by atoms with Crippen LogP contribution in [0, 0.1) is 11.3 Å². The molecular weight excluding hydrogens is 168 g/mol. The lowest BCUT2D eigenvalue weighted by atomic mass is 9.83. The first-order chi connectivity index (χ1) is 5.78. The second kappa shape index (κ2) is 4.61. The summed E-state index contributed by atoms with van der Waals surface area (Å²) in [7, 11) is 0. The maximum Gasteiger partial charge on any atom is 0.311 e. The van der Waals surface area contributed by atoms with Crippen LogP contribution in [-0.2, 0) is 4.79 Å². The van der Waals surface area contributed by atoms with E-state index >= 15 is 0 Å². The Morgan fingerprint density at radius 1 is 1.31 bits per heavy atom. The van der Waals surface area contributed by atoms with Gasteiger partial charge in [0.05, 0.1) is 11.5 Å². The molecule has 0 bridgehead atoms. The van der Waals surface area contributed by atoms with Gasteiger partial charge in [0.2, 0.25) is 0 Å². The van der Waals surface area contributed by atoms with Crippen LogP contribution in [-0.4, -0.2) is 22.3 Å². The first-order valence-corrected chi connectivity index (χ1v) is 4.70. The van der Waals surface area contributed by atoms with Crippen molar-refractivity contribution in [1.29, 1.82) is 0 Å². The highest BCUT2D eigenvalue weighted by Gasteiger charge is 2.35. The fourth-order valence-electron chi connectivity index (χ4n) is 0.995. The molecule has 0 aromatic rings. The number of hydrogen-bond acceptors (Lipinski definition) is 2. The van der Waals surface area contributed by atoms with Crippen LogP contribution in [0.5, 0.6) is 0 Å². The van der Waals surface area contributed by atoms with Gasteiger partial charge in [-0.05, 0) is 32.6 Å². The molecule has 3 nitrogen and oxygen atoms in total. The van der Waals surface area contributed by atoms with E-state index in [0.29, 0.717) is 12.3 Å². The van der Waals surface area contributed by atoms with Crippen molar-refractivity contribution in [3.05, 3.63) is 0 Å². The van der Waals surface area contributed by atoms with Crippen LogP contribution in [0.3, 0.4) is 0 Å². The Labute approximate surface area is 79.8 Å². The molecule has 0 aromatic carbocycles. The number of rotatable bonds is 5. The summed E-state index contributed by atoms with van der Waals surface area (Å²) in [5.74, 6) is -0.442. The van der Waals surface area contributed by atoms with Crippen LogP contribution < -0.4 is 0 Å². The van der Waals surface area contributed by atoms with Gasteiger partial charge >= 0.3 is 5.97 Å². The van der Waals surface area contributed by atoms with Gasteiger partial charge < -0.3 is 10.2 Å². The van der Waals surface area contributed by atoms with E-state index in [1.54, 1.807) is 13.8 Å². The molecule has 0 spiro atoms. The fourth-order valence-corrected chi connectivity index (χ4v) is 0.995. The molecule has 0 aromatic heterocycles. The summed E-state index contributed by atoms with van der Waals surface area (Å²) in [6, 6.07) is 0. The third-order valence-electron chi connectivity index (χ3n) is 2.40. The Morgan fingerprint density at radius 2 is 1.77 bits per heavy atom. The Morgan fingerprint density at radius 3 is 2.08 bits per heavy atom. The average Bonchev–Trinajstić information content (AvgIpc) is 1.99. The SMILES string of the molecule is CC(C)CCC(O)C(C)(C)C(=O)O. The Balaban J connectivity index is 4.09. The average molecular weight is 188 g/mol. The van der Waals surface area contributed by atoms with Crippen molar-refractivity contribution in [3.63, 3.8) is 0 Å². The molecule has 1 unspecified atom stereocenters. The van der Waals surface area contributed by atoms with Gasteiger partial charge in [0.15, 0.2) is 0 Å². The van der Waals surface area contributed by atoms with Gasteiger partial charge in [-0.3, -0.25) is 4.79 Å². The number of carboxylic acid groups (broad SMARTS) is 1. The summed E-state index contributed by atoms with van der Waals surface area (Å²) >= 11 is 0. The predicted molar refractivity (Wildman–Crippen MR) is 51.5 cm³/mol. The summed E-state index contributed by atoms with van der Waals surface area (Å²) in [5, 5.41) is 18.4. The van der Waals surface area contributed by atoms with Gasteiger partial charge in [-0.1, -0.05) is 13.8 Å². The molecule has 0 fully saturated rings. The van der Waals surface area contributed by atoms with Crippen molar-refractivity contribution in [2.24, 2.45) is 11.3 Å². The fraction of sp³-hybridized carbons (Fsp3) is 0.900. The first-order valence-electron chi connectivity index (χ1n) is 4.70. The summed E-state index contributed by atoms with van der Waals surface area (Å²) in [6.45, 7) is 7.22. The van der Waals surface area contributed by atoms with Crippen molar-refractivity contribution in [2.75, 3.05) is 0 Å². The van der Waals surface area contributed by atoms with E-state index in [0.717, 1.165) is 6.42 Å². The van der Waals surface area contributed by atoms with Gasteiger partial charge in [0, 0.05) is 0 Å². The molecular formula is C10H20O3. The summed E-state index contributed by atoms with van der Waals surface area (Å²) in [4.78, 5) is 10.7. The van der Waals surface area contributed by atoms with Gasteiger partial charge in [0.1, 0.15) is 0 Å². The predicted octanol–water partition coefficient (Wildman–Crippen LogP) is 1.89. The lowest BCUT2D eigenvalue weighted by molar-refractivity contribution is -0.153. The summed E-state index contributed by atoms with van der Waals surface area (Å²) in [6.07, 6.45) is 0.655. The molecule has 0 heterocycles. The molecule has 0 amide bonds. The number of hydrogen-bond donors (Lipinski definition) is 2. The third kappa shape index (κ3) is 3.77. The zero-order chi connectivity index (χ0) is 10.6. The van der Waals surface area contributed by atoms with Crippen LogP contribution in [0.2, 0.25) is 0 Å². The van der Waals surface area contributed by atoms with Crippen molar-refractivity contribution >= 4 is 5.97 Å². The van der Waals surface area contributed by atoms with Crippen LogP contribution in [0.4, 0.5) is 0 Å². The van der Waals surface area contributed by atoms with E-state index in [1.807, 2.05) is 0 Å². The van der Waals surface area contributed by atoms with E-state index in [4.69, 9.17) is 5.11 Å². The maximum absolute atomic E-state index is 10.7. The second-order valence-electron chi connectivity index (χ2n) is 4.51. The topological polar surface area (TPSA) is 57.5 Å². The minimum absolute atomic E-state index is 0.499. The quantitative estimate of drug-likeness (QED) is 0.692. The molecule has 0 aliphatic rings. The summed E-state index contributed by atoms with van der Waals surface area (Å²) < 4.78 is 0. The maximum atomic E-state index is 10.7. The van der Waals surface area contributed by atoms with E-state index in [1.165, 1.54) is 0 Å². The molecule has 0 aliphatic heterocycles. The molecule has 0 saturated heterocycles. The van der Waals surface area contributed by atoms with Gasteiger partial charge in [0.25, 0.3) is 0 Å². The number of carboxylic acids is 1. The Hall–Kier alpha value is -0.570. The molecule has 3 heteroatoms. The summed E-state index contributed by atoms with van der Waals surface area (Å²) in [5.41, 5.74) is -1.03. The van der Waals surface area contributed by atoms with Crippen molar-refractivity contribution < 1.29 is 15.0 Å². The molecule has 78 valence electrons. The number of aliphatic hydroxyl groups is 1. The standard InChI is InChI=1S/C10H20O3/c1-7(2)5-6-8(11)10(3,4)9(12)13/h7-8,11H,5-6H2,1-4H3,(H,12,13). The molecule has 0 rings (SSSR count). The lowest BCUT2D eigenvalue weighted by Crippen LogP contribution is -2.37. The zero-order valence-electron chi connectivity index (χ0n) is 8.87. The Kier molecular flexibility index (Phi) is 4.40. The second-order valence-corrected chi connectivity index (χ2v) is 4.51. The molecule has 2 N–H and O–H groups in total. The minimum Gasteiger partial charge on any atom is -0.481 e. The highest BCUT2D eigenvalue weighted by atomic mass is 16.4. The van der Waals surface area contributed by atoms with Crippen molar-refractivity contribution in [3.8, 4) is 0 Å². The largest absolute Gasteiger partial charge is 0.481 e. The third-order valence-corrected chi connectivity index (χ3v) is 2.40. The molecule has 0 saturated carbocycles. The highest BCUT2D eigenvalue weighted by molar-refractivity contribution is 5.74. The van der Waals surface area contributed by atoms with E-state index in [-0.39, 0.29) is 0 Å². The number of aliphatic hydroxyl groups excluding tert-OH is 1. The van der Waals surface area contributed by atoms with Gasteiger partial charge in [-0.25, -0.2) is 0 Å². The van der Waals surface area contributed by atoms with Crippen molar-refractivity contribution in [2.45, 2.75) is 46.6 Å². The van der Waals surface area contributed by atoms with E-state index in [2.05, 4.69) is 13.8 Å². The van der Waals surface area contributed by atoms with Crippen LogP contribution in [0.15, 0.2) is 0 Å². The monoisotopic (exact) mass is 188 g/mol. The molecule has 0 radical (unpaired) electrons. The molecule has 0 aliphatic carbocycles. The first kappa shape index (κ1) is 12.4. The smallest absolute Gasteiger partial charge is 0.311 e. The van der Waals surface area contributed by atoms with Gasteiger partial charge in [-0.15, -0.1) is 0 Å². The number of carbonyl (C=O) groups is 1. The zero-order valence-corrected chi connectivity index (χ0v) is 8.87. The molecule has 1 atom stereocenters. The minimum atomic E-state index is -1.03. The van der Waals surface area contributed by atoms with Crippen molar-refractivity contribution in [1.82, 2.24) is 0 Å². The highest BCUT2D eigenvalue weighted by Crippen LogP contribution is 2.25. The van der Waals surface area contributed by atoms with Crippen LogP contribution >= 0.6 is 0 Å². The number of aliphatic carboxylic acids is 1. The van der Waals surface area contributed by atoms with Crippen LogP contribution in [0.1, 0.15) is 40.5 Å². The van der Waals surface area contributed by atoms with E-state index < -0.39 is 17.5 Å². The lowest BCUT2D eigenvalue weighted by Gasteiger charge is -2.26.